The first-order valence-corrected chi connectivity index (χ1v) is 7.49. The first kappa shape index (κ1) is 14.9. The molecule has 0 radical (unpaired) electrons. The number of fused-ring (bicyclic) bond motifs is 1. The second kappa shape index (κ2) is 7.36. The Hall–Kier alpha value is -1.45. The van der Waals surface area contributed by atoms with Crippen molar-refractivity contribution in [2.45, 2.75) is 33.4 Å². The lowest BCUT2D eigenvalue weighted by atomic mass is 10.2. The van der Waals surface area contributed by atoms with Crippen molar-refractivity contribution < 1.29 is 0 Å². The van der Waals surface area contributed by atoms with Gasteiger partial charge in [-0.05, 0) is 18.7 Å². The fourth-order valence-electron chi connectivity index (χ4n) is 2.29. The summed E-state index contributed by atoms with van der Waals surface area (Å²) in [4.78, 5) is 7.17. The predicted octanol–water partition coefficient (Wildman–Crippen LogP) is 3.05. The van der Waals surface area contributed by atoms with E-state index >= 15 is 0 Å². The molecular weight excluding hydrogens is 246 g/mol. The Morgan fingerprint density at radius 2 is 1.95 bits per heavy atom. The molecular formula is C17H25N3. The first-order chi connectivity index (χ1) is 9.69. The number of para-hydroxylation sites is 1. The van der Waals surface area contributed by atoms with Crippen LogP contribution >= 0.6 is 0 Å². The molecule has 0 fully saturated rings. The summed E-state index contributed by atoms with van der Waals surface area (Å²) in [6, 6.07) is 13.1. The van der Waals surface area contributed by atoms with Crippen LogP contribution in [0.1, 0.15) is 26.5 Å². The van der Waals surface area contributed by atoms with Crippen molar-refractivity contribution in [3.63, 3.8) is 0 Å². The Labute approximate surface area is 122 Å². The maximum atomic E-state index is 4.74. The summed E-state index contributed by atoms with van der Waals surface area (Å²) in [7, 11) is 0. The minimum atomic E-state index is 0.549. The van der Waals surface area contributed by atoms with Crippen molar-refractivity contribution in [2.75, 3.05) is 19.6 Å². The van der Waals surface area contributed by atoms with E-state index in [-0.39, 0.29) is 0 Å². The monoisotopic (exact) mass is 271 g/mol. The van der Waals surface area contributed by atoms with Gasteiger partial charge in [0.1, 0.15) is 0 Å². The van der Waals surface area contributed by atoms with Crippen LogP contribution in [0.5, 0.6) is 0 Å². The molecule has 0 aliphatic rings. The van der Waals surface area contributed by atoms with Crippen LogP contribution in [0.2, 0.25) is 0 Å². The van der Waals surface area contributed by atoms with E-state index in [0.29, 0.717) is 6.04 Å². The number of rotatable bonds is 7. The fourth-order valence-corrected chi connectivity index (χ4v) is 2.29. The maximum Gasteiger partial charge on any atom is 0.0705 e. The van der Waals surface area contributed by atoms with Crippen molar-refractivity contribution in [1.29, 1.82) is 0 Å². The molecule has 0 aliphatic carbocycles. The molecule has 3 heteroatoms. The molecule has 0 amide bonds. The normalized spacial score (nSPS) is 11.7. The van der Waals surface area contributed by atoms with Crippen molar-refractivity contribution in [3.05, 3.63) is 42.1 Å². The number of hydrogen-bond donors (Lipinski definition) is 1. The van der Waals surface area contributed by atoms with E-state index in [9.17, 15) is 0 Å². The Balaban J connectivity index is 1.98. The molecule has 20 heavy (non-hydrogen) atoms. The third-order valence-corrected chi connectivity index (χ3v) is 3.47. The van der Waals surface area contributed by atoms with Gasteiger partial charge in [0, 0.05) is 31.1 Å². The molecule has 0 saturated heterocycles. The van der Waals surface area contributed by atoms with Gasteiger partial charge in [0.15, 0.2) is 0 Å². The molecule has 0 atom stereocenters. The highest BCUT2D eigenvalue weighted by Gasteiger charge is 2.05. The molecule has 0 aliphatic heterocycles. The van der Waals surface area contributed by atoms with Crippen LogP contribution in [0.4, 0.5) is 0 Å². The van der Waals surface area contributed by atoms with Crippen LogP contribution in [0.25, 0.3) is 10.9 Å². The number of hydrogen-bond acceptors (Lipinski definition) is 3. The zero-order valence-electron chi connectivity index (χ0n) is 12.8. The number of benzene rings is 1. The van der Waals surface area contributed by atoms with Gasteiger partial charge < -0.3 is 5.32 Å². The van der Waals surface area contributed by atoms with E-state index in [0.717, 1.165) is 37.4 Å². The van der Waals surface area contributed by atoms with Gasteiger partial charge in [-0.3, -0.25) is 9.88 Å². The highest BCUT2D eigenvalue weighted by atomic mass is 15.1. The van der Waals surface area contributed by atoms with Gasteiger partial charge in [0.25, 0.3) is 0 Å². The van der Waals surface area contributed by atoms with Gasteiger partial charge in [-0.25, -0.2) is 0 Å². The molecule has 2 rings (SSSR count). The van der Waals surface area contributed by atoms with Crippen LogP contribution in [0, 0.1) is 0 Å². The van der Waals surface area contributed by atoms with Crippen LogP contribution in [-0.4, -0.2) is 35.6 Å². The number of likely N-dealkylation sites (N-methyl/N-ethyl adjacent to an activating group) is 1. The van der Waals surface area contributed by atoms with E-state index in [4.69, 9.17) is 4.98 Å². The molecule has 1 aromatic heterocycles. The maximum absolute atomic E-state index is 4.74. The Bertz CT molecular complexity index is 537. The van der Waals surface area contributed by atoms with Gasteiger partial charge in [-0.15, -0.1) is 0 Å². The van der Waals surface area contributed by atoms with Gasteiger partial charge in [-0.1, -0.05) is 45.0 Å². The third-order valence-electron chi connectivity index (χ3n) is 3.47. The van der Waals surface area contributed by atoms with E-state index in [1.807, 2.05) is 6.07 Å². The highest BCUT2D eigenvalue weighted by Crippen LogP contribution is 2.12. The summed E-state index contributed by atoms with van der Waals surface area (Å²) >= 11 is 0. The molecule has 1 aromatic carbocycles. The van der Waals surface area contributed by atoms with Gasteiger partial charge in [0.2, 0.25) is 0 Å². The van der Waals surface area contributed by atoms with Crippen LogP contribution in [0.3, 0.4) is 0 Å². The second-order valence-electron chi connectivity index (χ2n) is 5.47. The van der Waals surface area contributed by atoms with Gasteiger partial charge in [-0.2, -0.15) is 0 Å². The first-order valence-electron chi connectivity index (χ1n) is 7.49. The fraction of sp³-hybridized carbons (Fsp3) is 0.471. The molecule has 2 aromatic rings. The summed E-state index contributed by atoms with van der Waals surface area (Å²) in [5, 5.41) is 4.67. The summed E-state index contributed by atoms with van der Waals surface area (Å²) in [5.41, 5.74) is 2.23. The lowest BCUT2D eigenvalue weighted by molar-refractivity contribution is 0.273. The Morgan fingerprint density at radius 3 is 2.70 bits per heavy atom. The third kappa shape index (κ3) is 4.29. The lowest BCUT2D eigenvalue weighted by Gasteiger charge is -2.21. The van der Waals surface area contributed by atoms with Crippen molar-refractivity contribution in [3.8, 4) is 0 Å². The van der Waals surface area contributed by atoms with E-state index in [1.165, 1.54) is 5.39 Å². The Kier molecular flexibility index (Phi) is 5.50. The van der Waals surface area contributed by atoms with Crippen LogP contribution in [0.15, 0.2) is 36.4 Å². The molecule has 1 N–H and O–H groups in total. The highest BCUT2D eigenvalue weighted by molar-refractivity contribution is 5.78. The molecule has 3 nitrogen and oxygen atoms in total. The van der Waals surface area contributed by atoms with Crippen molar-refractivity contribution in [1.82, 2.24) is 15.2 Å². The molecule has 1 heterocycles. The number of nitrogens with zero attached hydrogens (tertiary/aromatic N) is 2. The average molecular weight is 271 g/mol. The smallest absolute Gasteiger partial charge is 0.0705 e. The molecule has 0 saturated carbocycles. The molecule has 0 bridgehead atoms. The van der Waals surface area contributed by atoms with Crippen molar-refractivity contribution in [2.24, 2.45) is 0 Å². The SMILES string of the molecule is CCN(CCNC(C)C)Cc1ccc2ccccc2n1. The standard InChI is InChI=1S/C17H25N3/c1-4-20(12-11-18-14(2)3)13-16-10-9-15-7-5-6-8-17(15)19-16/h5-10,14,18H,4,11-13H2,1-3H3. The molecule has 0 spiro atoms. The summed E-state index contributed by atoms with van der Waals surface area (Å²) in [6.07, 6.45) is 0. The number of nitrogens with one attached hydrogen (secondary N) is 1. The number of aromatic nitrogens is 1. The molecule has 108 valence electrons. The van der Waals surface area contributed by atoms with Crippen molar-refractivity contribution >= 4 is 10.9 Å². The van der Waals surface area contributed by atoms with Gasteiger partial charge in [0.05, 0.1) is 11.2 Å². The predicted molar refractivity (Wildman–Crippen MR) is 85.8 cm³/mol. The lowest BCUT2D eigenvalue weighted by Crippen LogP contribution is -2.34. The van der Waals surface area contributed by atoms with Crippen LogP contribution in [-0.2, 0) is 6.54 Å². The average Bonchev–Trinajstić information content (AvgIpc) is 2.45. The topological polar surface area (TPSA) is 28.2 Å². The second-order valence-corrected chi connectivity index (χ2v) is 5.47. The zero-order chi connectivity index (χ0) is 14.4. The molecule has 0 unspecified atom stereocenters. The van der Waals surface area contributed by atoms with Crippen LogP contribution < -0.4 is 5.32 Å². The van der Waals surface area contributed by atoms with E-state index in [2.05, 4.69) is 61.3 Å². The minimum absolute atomic E-state index is 0.549. The zero-order valence-corrected chi connectivity index (χ0v) is 12.8. The summed E-state index contributed by atoms with van der Waals surface area (Å²) in [5.74, 6) is 0. The summed E-state index contributed by atoms with van der Waals surface area (Å²) in [6.45, 7) is 10.6. The largest absolute Gasteiger partial charge is 0.313 e. The van der Waals surface area contributed by atoms with E-state index < -0.39 is 0 Å². The summed E-state index contributed by atoms with van der Waals surface area (Å²) < 4.78 is 0. The van der Waals surface area contributed by atoms with E-state index in [1.54, 1.807) is 0 Å². The minimum Gasteiger partial charge on any atom is -0.313 e. The Morgan fingerprint density at radius 1 is 1.15 bits per heavy atom. The number of pyridine rings is 1. The quantitative estimate of drug-likeness (QED) is 0.839. The van der Waals surface area contributed by atoms with Gasteiger partial charge >= 0.3 is 0 Å².